The molecule has 0 saturated carbocycles. The van der Waals surface area contributed by atoms with Crippen molar-refractivity contribution in [2.45, 2.75) is 6.61 Å². The number of nitrogens with zero attached hydrogens (tertiary/aromatic N) is 2. The first-order chi connectivity index (χ1) is 14.1. The molecule has 0 aliphatic carbocycles. The first-order valence-electron chi connectivity index (χ1n) is 9.11. The highest BCUT2D eigenvalue weighted by molar-refractivity contribution is 6.02. The van der Waals surface area contributed by atoms with Gasteiger partial charge in [0.1, 0.15) is 5.84 Å². The molecule has 3 aromatic rings. The van der Waals surface area contributed by atoms with Gasteiger partial charge in [-0.1, -0.05) is 42.5 Å². The van der Waals surface area contributed by atoms with Crippen molar-refractivity contribution in [3.05, 3.63) is 95.1 Å². The molecule has 0 heterocycles. The molecule has 0 bridgehead atoms. The lowest BCUT2D eigenvalue weighted by Gasteiger charge is -2.10. The first-order valence-corrected chi connectivity index (χ1v) is 9.11. The Kier molecular flexibility index (Phi) is 6.50. The Morgan fingerprint density at radius 2 is 1.59 bits per heavy atom. The van der Waals surface area contributed by atoms with E-state index in [1.54, 1.807) is 31.5 Å². The summed E-state index contributed by atoms with van der Waals surface area (Å²) in [4.78, 5) is 20.5. The molecule has 29 heavy (non-hydrogen) atoms. The fourth-order valence-corrected chi connectivity index (χ4v) is 2.86. The minimum atomic E-state index is -0.487. The number of hydrogen-bond acceptors (Lipinski definition) is 4. The van der Waals surface area contributed by atoms with Crippen molar-refractivity contribution in [3.63, 3.8) is 0 Å². The van der Waals surface area contributed by atoms with E-state index in [0.29, 0.717) is 17.0 Å². The van der Waals surface area contributed by atoms with Crippen molar-refractivity contribution >= 4 is 29.3 Å². The summed E-state index contributed by atoms with van der Waals surface area (Å²) >= 11 is 0. The SMILES string of the molecule is CN/C(=N\c1ccc(/N=C/c2ccccc2C(N)=O)cc1)c1ccccc1CO. The van der Waals surface area contributed by atoms with Crippen LogP contribution in [0.2, 0.25) is 0 Å². The normalized spacial score (nSPS) is 11.6. The number of hydrogen-bond donors (Lipinski definition) is 3. The van der Waals surface area contributed by atoms with Gasteiger partial charge in [0.05, 0.1) is 18.0 Å². The van der Waals surface area contributed by atoms with E-state index in [9.17, 15) is 9.90 Å². The zero-order valence-corrected chi connectivity index (χ0v) is 16.0. The molecule has 6 heteroatoms. The van der Waals surface area contributed by atoms with Crippen LogP contribution in [-0.4, -0.2) is 30.1 Å². The number of carbonyl (C=O) groups is 1. The Hall–Kier alpha value is -3.77. The van der Waals surface area contributed by atoms with Crippen LogP contribution in [0, 0.1) is 0 Å². The molecule has 0 atom stereocenters. The summed E-state index contributed by atoms with van der Waals surface area (Å²) in [5, 5.41) is 12.6. The van der Waals surface area contributed by atoms with Gasteiger partial charge in [-0.15, -0.1) is 0 Å². The highest BCUT2D eigenvalue weighted by Crippen LogP contribution is 2.20. The van der Waals surface area contributed by atoms with E-state index in [0.717, 1.165) is 22.5 Å². The van der Waals surface area contributed by atoms with E-state index in [4.69, 9.17) is 5.73 Å². The number of nitrogens with one attached hydrogen (secondary N) is 1. The third-order valence-electron chi connectivity index (χ3n) is 4.35. The molecule has 3 aromatic carbocycles. The maximum atomic E-state index is 11.5. The first kappa shape index (κ1) is 20.0. The predicted molar refractivity (Wildman–Crippen MR) is 116 cm³/mol. The summed E-state index contributed by atoms with van der Waals surface area (Å²) in [5.41, 5.74) is 9.62. The quantitative estimate of drug-likeness (QED) is 0.447. The van der Waals surface area contributed by atoms with Gasteiger partial charge >= 0.3 is 0 Å². The zero-order valence-electron chi connectivity index (χ0n) is 16.0. The summed E-state index contributed by atoms with van der Waals surface area (Å²) in [6.07, 6.45) is 1.62. The van der Waals surface area contributed by atoms with Gasteiger partial charge in [-0.3, -0.25) is 9.79 Å². The molecule has 0 aliphatic heterocycles. The van der Waals surface area contributed by atoms with Crippen molar-refractivity contribution < 1.29 is 9.90 Å². The second-order valence-electron chi connectivity index (χ2n) is 6.25. The molecule has 6 nitrogen and oxygen atoms in total. The number of benzene rings is 3. The molecule has 4 N–H and O–H groups in total. The van der Waals surface area contributed by atoms with Gasteiger partial charge in [0.15, 0.2) is 0 Å². The predicted octanol–water partition coefficient (Wildman–Crippen LogP) is 3.33. The van der Waals surface area contributed by atoms with Crippen molar-refractivity contribution in [1.29, 1.82) is 0 Å². The van der Waals surface area contributed by atoms with Crippen molar-refractivity contribution in [1.82, 2.24) is 5.32 Å². The molecule has 0 spiro atoms. The number of carbonyl (C=O) groups excluding carboxylic acids is 1. The third kappa shape index (κ3) is 4.94. The van der Waals surface area contributed by atoms with E-state index in [-0.39, 0.29) is 6.61 Å². The number of aliphatic hydroxyl groups excluding tert-OH is 1. The second kappa shape index (κ2) is 9.43. The number of amides is 1. The number of amidine groups is 1. The molecule has 3 rings (SSSR count). The molecule has 0 aliphatic rings. The van der Waals surface area contributed by atoms with E-state index < -0.39 is 5.91 Å². The Bertz CT molecular complexity index is 1060. The molecule has 0 radical (unpaired) electrons. The number of aliphatic hydroxyl groups is 1. The van der Waals surface area contributed by atoms with Gasteiger partial charge in [0, 0.05) is 30.0 Å². The van der Waals surface area contributed by atoms with Gasteiger partial charge in [0.2, 0.25) is 5.91 Å². The molecular formula is C23H22N4O2. The van der Waals surface area contributed by atoms with Crippen LogP contribution in [0.25, 0.3) is 0 Å². The maximum absolute atomic E-state index is 11.5. The van der Waals surface area contributed by atoms with Gasteiger partial charge in [0.25, 0.3) is 0 Å². The van der Waals surface area contributed by atoms with Crippen LogP contribution in [-0.2, 0) is 6.61 Å². The lowest BCUT2D eigenvalue weighted by molar-refractivity contribution is 0.1000. The Morgan fingerprint density at radius 3 is 2.24 bits per heavy atom. The van der Waals surface area contributed by atoms with Crippen molar-refractivity contribution in [2.24, 2.45) is 15.7 Å². The van der Waals surface area contributed by atoms with Crippen molar-refractivity contribution in [2.75, 3.05) is 7.05 Å². The van der Waals surface area contributed by atoms with Crippen LogP contribution in [0.15, 0.2) is 82.8 Å². The molecule has 1 amide bonds. The van der Waals surface area contributed by atoms with Gasteiger partial charge in [-0.05, 0) is 35.9 Å². The van der Waals surface area contributed by atoms with Crippen LogP contribution >= 0.6 is 0 Å². The monoisotopic (exact) mass is 386 g/mol. The standard InChI is InChI=1S/C23H22N4O2/c1-25-23(21-9-5-3-7-17(21)15-28)27-19-12-10-18(11-13-19)26-14-16-6-2-4-8-20(16)22(24)29/h2-14,28H,15H2,1H3,(H2,24,29)(H,25,27)/b26-14+. The third-order valence-corrected chi connectivity index (χ3v) is 4.35. The number of aliphatic imine (C=N–C) groups is 2. The average Bonchev–Trinajstić information content (AvgIpc) is 2.77. The van der Waals surface area contributed by atoms with E-state index in [1.807, 2.05) is 54.6 Å². The summed E-state index contributed by atoms with van der Waals surface area (Å²) in [5.74, 6) is 0.181. The largest absolute Gasteiger partial charge is 0.392 e. The summed E-state index contributed by atoms with van der Waals surface area (Å²) in [7, 11) is 1.79. The smallest absolute Gasteiger partial charge is 0.249 e. The van der Waals surface area contributed by atoms with Crippen molar-refractivity contribution in [3.8, 4) is 0 Å². The average molecular weight is 386 g/mol. The van der Waals surface area contributed by atoms with Crippen LogP contribution in [0.3, 0.4) is 0 Å². The van der Waals surface area contributed by atoms with E-state index in [2.05, 4.69) is 15.3 Å². The Morgan fingerprint density at radius 1 is 0.966 bits per heavy atom. The molecule has 0 fully saturated rings. The van der Waals surface area contributed by atoms with Crippen LogP contribution < -0.4 is 11.1 Å². The minimum Gasteiger partial charge on any atom is -0.392 e. The summed E-state index contributed by atoms with van der Waals surface area (Å²) < 4.78 is 0. The molecule has 146 valence electrons. The van der Waals surface area contributed by atoms with E-state index >= 15 is 0 Å². The highest BCUT2D eigenvalue weighted by atomic mass is 16.3. The molecular weight excluding hydrogens is 364 g/mol. The second-order valence-corrected chi connectivity index (χ2v) is 6.25. The lowest BCUT2D eigenvalue weighted by Crippen LogP contribution is -2.20. The number of rotatable bonds is 6. The fraction of sp³-hybridized carbons (Fsp3) is 0.0870. The summed E-state index contributed by atoms with van der Waals surface area (Å²) in [6, 6.07) is 22.0. The Balaban J connectivity index is 1.83. The zero-order chi connectivity index (χ0) is 20.6. The van der Waals surface area contributed by atoms with Gasteiger partial charge in [-0.2, -0.15) is 0 Å². The lowest BCUT2D eigenvalue weighted by atomic mass is 10.1. The number of primary amides is 1. The van der Waals surface area contributed by atoms with Crippen LogP contribution in [0.1, 0.15) is 27.0 Å². The van der Waals surface area contributed by atoms with Crippen LogP contribution in [0.5, 0.6) is 0 Å². The minimum absolute atomic E-state index is 0.0582. The molecule has 0 saturated heterocycles. The van der Waals surface area contributed by atoms with Crippen LogP contribution in [0.4, 0.5) is 11.4 Å². The fourth-order valence-electron chi connectivity index (χ4n) is 2.86. The highest BCUT2D eigenvalue weighted by Gasteiger charge is 2.07. The topological polar surface area (TPSA) is 100 Å². The molecule has 0 aromatic heterocycles. The van der Waals surface area contributed by atoms with Gasteiger partial charge in [-0.25, -0.2) is 4.99 Å². The Labute approximate surface area is 169 Å². The molecule has 0 unspecified atom stereocenters. The maximum Gasteiger partial charge on any atom is 0.249 e. The summed E-state index contributed by atoms with van der Waals surface area (Å²) in [6.45, 7) is -0.0582. The van der Waals surface area contributed by atoms with Gasteiger partial charge < -0.3 is 16.2 Å². The number of nitrogens with two attached hydrogens (primary N) is 1. The van der Waals surface area contributed by atoms with E-state index in [1.165, 1.54) is 0 Å².